The summed E-state index contributed by atoms with van der Waals surface area (Å²) in [5.74, 6) is 0.563. The van der Waals surface area contributed by atoms with Gasteiger partial charge < -0.3 is 10.1 Å². The average Bonchev–Trinajstić information content (AvgIpc) is 2.83. The molecule has 2 rings (SSSR count). The lowest BCUT2D eigenvalue weighted by Crippen LogP contribution is -2.47. The molecule has 0 spiro atoms. The molecule has 1 heterocycles. The zero-order valence-electron chi connectivity index (χ0n) is 9.58. The zero-order chi connectivity index (χ0) is 11.4. The van der Waals surface area contributed by atoms with Gasteiger partial charge in [0, 0.05) is 18.5 Å². The molecule has 2 nitrogen and oxygen atoms in total. The third-order valence-corrected chi connectivity index (χ3v) is 3.67. The summed E-state index contributed by atoms with van der Waals surface area (Å²) in [6.07, 6.45) is 1.07. The summed E-state index contributed by atoms with van der Waals surface area (Å²) in [6.45, 7) is 3.79. The molecule has 1 saturated heterocycles. The average molecular weight is 240 g/mol. The zero-order valence-corrected chi connectivity index (χ0v) is 10.3. The molecule has 1 aromatic rings. The minimum atomic E-state index is -0.165. The van der Waals surface area contributed by atoms with Crippen molar-refractivity contribution in [2.45, 2.75) is 24.9 Å². The van der Waals surface area contributed by atoms with E-state index in [1.54, 1.807) is 0 Å². The number of rotatable bonds is 4. The summed E-state index contributed by atoms with van der Waals surface area (Å²) in [5.41, 5.74) is 1.07. The van der Waals surface area contributed by atoms with Crippen molar-refractivity contribution in [3.05, 3.63) is 35.9 Å². The molecule has 88 valence electrons. The standard InChI is InChI=1S/C13H18ClNO/c1-13(10-14,11-5-3-2-4-6-11)15-12-7-8-16-9-12/h2-6,12,15H,7-10H2,1H3. The third-order valence-electron chi connectivity index (χ3n) is 3.13. The molecule has 0 radical (unpaired) electrons. The molecule has 0 aromatic heterocycles. The number of hydrogen-bond donors (Lipinski definition) is 1. The Labute approximate surface area is 102 Å². The van der Waals surface area contributed by atoms with E-state index in [0.717, 1.165) is 19.6 Å². The van der Waals surface area contributed by atoms with Gasteiger partial charge in [0.25, 0.3) is 0 Å². The lowest BCUT2D eigenvalue weighted by atomic mass is 9.93. The molecule has 0 bridgehead atoms. The van der Waals surface area contributed by atoms with Crippen LogP contribution in [0, 0.1) is 0 Å². The summed E-state index contributed by atoms with van der Waals surface area (Å²) in [4.78, 5) is 0. The van der Waals surface area contributed by atoms with Crippen molar-refractivity contribution in [2.24, 2.45) is 0 Å². The smallest absolute Gasteiger partial charge is 0.0620 e. The maximum Gasteiger partial charge on any atom is 0.0620 e. The maximum atomic E-state index is 6.12. The van der Waals surface area contributed by atoms with Crippen LogP contribution in [0.3, 0.4) is 0 Å². The normalized spacial score (nSPS) is 24.2. The number of ether oxygens (including phenoxy) is 1. The van der Waals surface area contributed by atoms with Gasteiger partial charge in [-0.1, -0.05) is 30.3 Å². The molecule has 2 atom stereocenters. The molecular weight excluding hydrogens is 222 g/mol. The van der Waals surface area contributed by atoms with Crippen molar-refractivity contribution in [1.29, 1.82) is 0 Å². The van der Waals surface area contributed by atoms with Crippen molar-refractivity contribution in [2.75, 3.05) is 19.1 Å². The van der Waals surface area contributed by atoms with Crippen LogP contribution in [-0.2, 0) is 10.3 Å². The highest BCUT2D eigenvalue weighted by Gasteiger charge is 2.29. The van der Waals surface area contributed by atoms with Gasteiger partial charge >= 0.3 is 0 Å². The largest absolute Gasteiger partial charge is 0.380 e. The first kappa shape index (κ1) is 11.9. The van der Waals surface area contributed by atoms with Gasteiger partial charge in [0.2, 0.25) is 0 Å². The number of benzene rings is 1. The van der Waals surface area contributed by atoms with Crippen LogP contribution >= 0.6 is 11.6 Å². The fourth-order valence-electron chi connectivity index (χ4n) is 2.10. The minimum Gasteiger partial charge on any atom is -0.380 e. The van der Waals surface area contributed by atoms with E-state index in [0.29, 0.717) is 11.9 Å². The molecule has 1 N–H and O–H groups in total. The summed E-state index contributed by atoms with van der Waals surface area (Å²) in [6, 6.07) is 10.8. The molecule has 1 fully saturated rings. The molecule has 0 saturated carbocycles. The molecule has 3 heteroatoms. The second kappa shape index (κ2) is 5.17. The first-order valence-corrected chi connectivity index (χ1v) is 6.25. The Kier molecular flexibility index (Phi) is 3.85. The van der Waals surface area contributed by atoms with Crippen molar-refractivity contribution in [3.63, 3.8) is 0 Å². The Morgan fingerprint density at radius 1 is 1.44 bits per heavy atom. The molecular formula is C13H18ClNO. The van der Waals surface area contributed by atoms with Crippen molar-refractivity contribution in [1.82, 2.24) is 5.32 Å². The molecule has 16 heavy (non-hydrogen) atoms. The van der Waals surface area contributed by atoms with Crippen LogP contribution in [0.2, 0.25) is 0 Å². The lowest BCUT2D eigenvalue weighted by molar-refractivity contribution is 0.183. The highest BCUT2D eigenvalue weighted by Crippen LogP contribution is 2.24. The summed E-state index contributed by atoms with van der Waals surface area (Å²) in [5, 5.41) is 3.60. The number of halogens is 1. The Balaban J connectivity index is 2.12. The van der Waals surface area contributed by atoms with E-state index in [1.165, 1.54) is 5.56 Å². The molecule has 0 amide bonds. The molecule has 0 aliphatic carbocycles. The fourth-order valence-corrected chi connectivity index (χ4v) is 2.34. The van der Waals surface area contributed by atoms with E-state index in [4.69, 9.17) is 16.3 Å². The monoisotopic (exact) mass is 239 g/mol. The van der Waals surface area contributed by atoms with Gasteiger partial charge in [-0.2, -0.15) is 0 Å². The Bertz CT molecular complexity index is 324. The van der Waals surface area contributed by atoms with E-state index >= 15 is 0 Å². The highest BCUT2D eigenvalue weighted by molar-refractivity contribution is 6.18. The molecule has 1 aliphatic rings. The van der Waals surface area contributed by atoms with Crippen molar-refractivity contribution in [3.8, 4) is 0 Å². The highest BCUT2D eigenvalue weighted by atomic mass is 35.5. The second-order valence-electron chi connectivity index (χ2n) is 4.54. The molecule has 1 aromatic carbocycles. The topological polar surface area (TPSA) is 21.3 Å². The molecule has 2 unspecified atom stereocenters. The van der Waals surface area contributed by atoms with E-state index < -0.39 is 0 Å². The Morgan fingerprint density at radius 3 is 2.75 bits per heavy atom. The van der Waals surface area contributed by atoms with Crippen LogP contribution in [0.1, 0.15) is 18.9 Å². The van der Waals surface area contributed by atoms with Gasteiger partial charge in [-0.15, -0.1) is 11.6 Å². The third kappa shape index (κ3) is 2.57. The number of nitrogens with one attached hydrogen (secondary N) is 1. The SMILES string of the molecule is CC(CCl)(NC1CCOC1)c1ccccc1. The second-order valence-corrected chi connectivity index (χ2v) is 4.80. The fraction of sp³-hybridized carbons (Fsp3) is 0.538. The van der Waals surface area contributed by atoms with E-state index in [9.17, 15) is 0 Å². The summed E-state index contributed by atoms with van der Waals surface area (Å²) >= 11 is 6.12. The van der Waals surface area contributed by atoms with Crippen LogP contribution in [0.4, 0.5) is 0 Å². The first-order valence-electron chi connectivity index (χ1n) is 5.71. The summed E-state index contributed by atoms with van der Waals surface area (Å²) < 4.78 is 5.38. The van der Waals surface area contributed by atoms with Gasteiger partial charge in [-0.25, -0.2) is 0 Å². The van der Waals surface area contributed by atoms with Gasteiger partial charge in [-0.3, -0.25) is 0 Å². The first-order chi connectivity index (χ1) is 7.74. The van der Waals surface area contributed by atoms with Crippen LogP contribution in [0.15, 0.2) is 30.3 Å². The van der Waals surface area contributed by atoms with Gasteiger partial charge in [0.05, 0.1) is 12.1 Å². The van der Waals surface area contributed by atoms with Crippen molar-refractivity contribution >= 4 is 11.6 Å². The minimum absolute atomic E-state index is 0.165. The predicted octanol–water partition coefficient (Wildman–Crippen LogP) is 2.52. The molecule has 1 aliphatic heterocycles. The van der Waals surface area contributed by atoms with Crippen LogP contribution in [0.5, 0.6) is 0 Å². The van der Waals surface area contributed by atoms with Crippen molar-refractivity contribution < 1.29 is 4.74 Å². The predicted molar refractivity (Wildman–Crippen MR) is 66.9 cm³/mol. The van der Waals surface area contributed by atoms with E-state index in [1.807, 2.05) is 18.2 Å². The van der Waals surface area contributed by atoms with Crippen LogP contribution in [-0.4, -0.2) is 25.1 Å². The van der Waals surface area contributed by atoms with Gasteiger partial charge in [-0.05, 0) is 18.9 Å². The van der Waals surface area contributed by atoms with Gasteiger partial charge in [0.1, 0.15) is 0 Å². The maximum absolute atomic E-state index is 6.12. The van der Waals surface area contributed by atoms with Crippen LogP contribution < -0.4 is 5.32 Å². The van der Waals surface area contributed by atoms with E-state index in [2.05, 4.69) is 24.4 Å². The number of hydrogen-bond acceptors (Lipinski definition) is 2. The number of alkyl halides is 1. The van der Waals surface area contributed by atoms with E-state index in [-0.39, 0.29) is 5.54 Å². The van der Waals surface area contributed by atoms with Crippen LogP contribution in [0.25, 0.3) is 0 Å². The Hall–Kier alpha value is -0.570. The summed E-state index contributed by atoms with van der Waals surface area (Å²) in [7, 11) is 0. The van der Waals surface area contributed by atoms with Gasteiger partial charge in [0.15, 0.2) is 0 Å². The quantitative estimate of drug-likeness (QED) is 0.816. The lowest BCUT2D eigenvalue weighted by Gasteiger charge is -2.32. The Morgan fingerprint density at radius 2 is 2.19 bits per heavy atom.